The Hall–Kier alpha value is -2.50. The van der Waals surface area contributed by atoms with Crippen molar-refractivity contribution in [2.24, 2.45) is 0 Å². The van der Waals surface area contributed by atoms with Gasteiger partial charge in [0.15, 0.2) is 23.1 Å². The molecular formula is C46H78NO5. The Bertz CT molecular complexity index is 1070. The summed E-state index contributed by atoms with van der Waals surface area (Å²) in [6, 6.07) is 0. The molecule has 0 spiro atoms. The van der Waals surface area contributed by atoms with Gasteiger partial charge in [-0.3, -0.25) is 24.3 Å². The first-order valence-electron chi connectivity index (χ1n) is 22.1. The van der Waals surface area contributed by atoms with Crippen LogP contribution < -0.4 is 5.73 Å². The van der Waals surface area contributed by atoms with Crippen LogP contribution in [0.4, 0.5) is 5.69 Å². The molecular weight excluding hydrogens is 647 g/mol. The summed E-state index contributed by atoms with van der Waals surface area (Å²) >= 11 is 0. The number of unbranched alkanes of at least 4 members (excludes halogenated alkanes) is 24. The summed E-state index contributed by atoms with van der Waals surface area (Å²) in [7, 11) is 0. The molecule has 0 atom stereocenters. The molecule has 1 radical (unpaired) electrons. The fourth-order valence-electron chi connectivity index (χ4n) is 7.33. The highest BCUT2D eigenvalue weighted by molar-refractivity contribution is 6.23. The lowest BCUT2D eigenvalue weighted by Gasteiger charge is -2.20. The fraction of sp³-hybridized carbons (Fsp3) is 0.783. The zero-order valence-corrected chi connectivity index (χ0v) is 34.2. The third-order valence-electron chi connectivity index (χ3n) is 10.6. The molecule has 297 valence electrons. The smallest absolute Gasteiger partial charge is 0.213 e. The van der Waals surface area contributed by atoms with Crippen LogP contribution in [0.3, 0.4) is 0 Å². The van der Waals surface area contributed by atoms with Crippen molar-refractivity contribution in [3.63, 3.8) is 0 Å². The molecule has 0 saturated heterocycles. The van der Waals surface area contributed by atoms with Gasteiger partial charge in [-0.2, -0.15) is 0 Å². The number of rotatable bonds is 36. The minimum Gasteiger partial charge on any atom is -0.395 e. The average Bonchev–Trinajstić information content (AvgIpc) is 3.13. The van der Waals surface area contributed by atoms with Crippen molar-refractivity contribution in [2.75, 3.05) is 5.73 Å². The summed E-state index contributed by atoms with van der Waals surface area (Å²) in [5, 5.41) is 14.0. The van der Waals surface area contributed by atoms with E-state index in [1.54, 1.807) is 0 Å². The van der Waals surface area contributed by atoms with Gasteiger partial charge in [0.05, 0.1) is 16.8 Å². The number of carbonyl (C=O) groups is 4. The van der Waals surface area contributed by atoms with E-state index < -0.39 is 11.5 Å². The number of Topliss-reactive ketones (excluding diaryl/α,β-unsaturated/α-hetero) is 4. The van der Waals surface area contributed by atoms with Crippen LogP contribution in [0.15, 0.2) is 0 Å². The highest BCUT2D eigenvalue weighted by Crippen LogP contribution is 2.40. The Morgan fingerprint density at radius 1 is 0.327 bits per heavy atom. The molecule has 1 rings (SSSR count). The number of nitrogens with two attached hydrogens (primary N) is 1. The van der Waals surface area contributed by atoms with Gasteiger partial charge in [0, 0.05) is 36.8 Å². The molecule has 6 heteroatoms. The van der Waals surface area contributed by atoms with E-state index in [1.165, 1.54) is 77.0 Å². The van der Waals surface area contributed by atoms with Crippen LogP contribution in [0, 0.1) is 0 Å². The van der Waals surface area contributed by atoms with Crippen molar-refractivity contribution in [2.45, 2.75) is 233 Å². The summed E-state index contributed by atoms with van der Waals surface area (Å²) in [4.78, 5) is 56.3. The maximum Gasteiger partial charge on any atom is 0.213 e. The SMILES string of the molecule is CCCCCCCCCC(=O)c1c(N)c([O])c(C(=O)CCCCCCCCC)c(C(=O)CCCCCCCCC)c1C(=O)CCCCCCCCC. The summed E-state index contributed by atoms with van der Waals surface area (Å²) in [6.45, 7) is 8.73. The van der Waals surface area contributed by atoms with Gasteiger partial charge in [0.25, 0.3) is 0 Å². The second kappa shape index (κ2) is 30.9. The molecule has 0 amide bonds. The largest absolute Gasteiger partial charge is 0.395 e. The van der Waals surface area contributed by atoms with E-state index in [9.17, 15) is 24.3 Å². The van der Waals surface area contributed by atoms with Crippen molar-refractivity contribution in [1.29, 1.82) is 0 Å². The van der Waals surface area contributed by atoms with Crippen LogP contribution in [0.5, 0.6) is 5.75 Å². The summed E-state index contributed by atoms with van der Waals surface area (Å²) in [5.74, 6) is -2.24. The van der Waals surface area contributed by atoms with Gasteiger partial charge in [-0.1, -0.05) is 182 Å². The molecule has 0 unspecified atom stereocenters. The van der Waals surface area contributed by atoms with Crippen LogP contribution >= 0.6 is 0 Å². The number of hydrogen-bond donors (Lipinski definition) is 1. The quantitative estimate of drug-likeness (QED) is 0.0420. The van der Waals surface area contributed by atoms with Gasteiger partial charge < -0.3 is 5.73 Å². The Morgan fingerprint density at radius 3 is 0.827 bits per heavy atom. The molecule has 0 aromatic heterocycles. The van der Waals surface area contributed by atoms with Crippen molar-refractivity contribution >= 4 is 28.8 Å². The molecule has 1 aromatic carbocycles. The standard InChI is InChI=1S/C46H78NO5/c1-5-9-13-17-21-25-29-33-37(48)41-42(38(49)34-30-26-22-18-14-10-6-2)44(40(51)36-32-28-24-20-16-12-8-4)46(52)45(47)43(41)39(50)35-31-27-23-19-15-11-7-3/h5-36,47H2,1-4H3. The normalized spacial score (nSPS) is 11.3. The maximum absolute atomic E-state index is 14.2. The lowest BCUT2D eigenvalue weighted by molar-refractivity contribution is 0.0920. The third-order valence-corrected chi connectivity index (χ3v) is 10.6. The summed E-state index contributed by atoms with van der Waals surface area (Å²) in [5.41, 5.74) is 5.68. The van der Waals surface area contributed by atoms with Crippen molar-refractivity contribution in [1.82, 2.24) is 0 Å². The van der Waals surface area contributed by atoms with E-state index in [2.05, 4.69) is 27.7 Å². The monoisotopic (exact) mass is 725 g/mol. The molecule has 6 nitrogen and oxygen atoms in total. The molecule has 0 aliphatic rings. The number of benzene rings is 1. The molecule has 52 heavy (non-hydrogen) atoms. The Labute approximate surface area is 319 Å². The van der Waals surface area contributed by atoms with E-state index >= 15 is 0 Å². The van der Waals surface area contributed by atoms with E-state index in [4.69, 9.17) is 5.73 Å². The Kier molecular flexibility index (Phi) is 28.2. The van der Waals surface area contributed by atoms with Gasteiger partial charge >= 0.3 is 0 Å². The minimum absolute atomic E-state index is 0.0353. The number of anilines is 1. The van der Waals surface area contributed by atoms with E-state index in [0.29, 0.717) is 25.7 Å². The fourth-order valence-corrected chi connectivity index (χ4v) is 7.33. The van der Waals surface area contributed by atoms with Gasteiger partial charge in [-0.25, -0.2) is 0 Å². The highest BCUT2D eigenvalue weighted by atomic mass is 16.3. The van der Waals surface area contributed by atoms with E-state index in [0.717, 1.165) is 77.0 Å². The lowest BCUT2D eigenvalue weighted by atomic mass is 9.82. The molecule has 2 N–H and O–H groups in total. The van der Waals surface area contributed by atoms with Crippen molar-refractivity contribution in [3.8, 4) is 5.75 Å². The predicted molar refractivity (Wildman–Crippen MR) is 219 cm³/mol. The molecule has 0 fully saturated rings. The number of nitrogen functional groups attached to an aromatic ring is 1. The van der Waals surface area contributed by atoms with Gasteiger partial charge in [0.1, 0.15) is 0 Å². The first-order valence-corrected chi connectivity index (χ1v) is 22.1. The van der Waals surface area contributed by atoms with Crippen LogP contribution in [0.2, 0.25) is 0 Å². The Morgan fingerprint density at radius 2 is 0.538 bits per heavy atom. The summed E-state index contributed by atoms with van der Waals surface area (Å²) < 4.78 is 0. The Balaban J connectivity index is 3.48. The molecule has 0 saturated carbocycles. The van der Waals surface area contributed by atoms with Crippen LogP contribution in [0.1, 0.15) is 275 Å². The average molecular weight is 725 g/mol. The topological polar surface area (TPSA) is 114 Å². The zero-order chi connectivity index (χ0) is 38.4. The van der Waals surface area contributed by atoms with Crippen LogP contribution in [-0.4, -0.2) is 23.1 Å². The predicted octanol–water partition coefficient (Wildman–Crippen LogP) is 14.7. The minimum atomic E-state index is -0.744. The first kappa shape index (κ1) is 47.5. The number of ketones is 4. The van der Waals surface area contributed by atoms with E-state index in [1.807, 2.05) is 0 Å². The maximum atomic E-state index is 14.2. The van der Waals surface area contributed by atoms with Crippen LogP contribution in [0.25, 0.3) is 0 Å². The second-order valence-corrected chi connectivity index (χ2v) is 15.4. The second-order valence-electron chi connectivity index (χ2n) is 15.4. The zero-order valence-electron chi connectivity index (χ0n) is 34.2. The molecule has 0 aliphatic carbocycles. The number of hydrogen-bond acceptors (Lipinski definition) is 5. The van der Waals surface area contributed by atoms with Gasteiger partial charge in [-0.05, 0) is 25.7 Å². The molecule has 1 aromatic rings. The lowest BCUT2D eigenvalue weighted by Crippen LogP contribution is -2.22. The molecule has 0 heterocycles. The third kappa shape index (κ3) is 19.0. The van der Waals surface area contributed by atoms with Gasteiger partial charge in [-0.15, -0.1) is 0 Å². The molecule has 0 aliphatic heterocycles. The summed E-state index contributed by atoms with van der Waals surface area (Å²) in [6.07, 6.45) is 29.2. The van der Waals surface area contributed by atoms with Crippen molar-refractivity contribution in [3.05, 3.63) is 22.3 Å². The van der Waals surface area contributed by atoms with Crippen molar-refractivity contribution < 1.29 is 24.3 Å². The first-order chi connectivity index (χ1) is 25.3. The van der Waals surface area contributed by atoms with E-state index in [-0.39, 0.29) is 71.0 Å². The number of carbonyl (C=O) groups excluding carboxylic acids is 4. The van der Waals surface area contributed by atoms with Gasteiger partial charge in [0.2, 0.25) is 5.75 Å². The van der Waals surface area contributed by atoms with Crippen LogP contribution in [-0.2, 0) is 5.11 Å². The molecule has 0 bridgehead atoms. The highest BCUT2D eigenvalue weighted by Gasteiger charge is 2.35.